The molecule has 0 atom stereocenters. The van der Waals surface area contributed by atoms with Gasteiger partial charge >= 0.3 is 6.18 Å². The maximum atomic E-state index is 13.5. The molecule has 38 heavy (non-hydrogen) atoms. The van der Waals surface area contributed by atoms with Gasteiger partial charge in [0.2, 0.25) is 10.0 Å². The molecule has 0 aliphatic heterocycles. The van der Waals surface area contributed by atoms with Gasteiger partial charge in [-0.3, -0.25) is 9.10 Å². The van der Waals surface area contributed by atoms with Crippen molar-refractivity contribution in [3.63, 3.8) is 0 Å². The van der Waals surface area contributed by atoms with Gasteiger partial charge in [-0.25, -0.2) is 8.42 Å². The van der Waals surface area contributed by atoms with Gasteiger partial charge in [-0.15, -0.1) is 0 Å². The summed E-state index contributed by atoms with van der Waals surface area (Å²) in [6.07, 6.45) is -3.87. The Morgan fingerprint density at radius 2 is 1.53 bits per heavy atom. The lowest BCUT2D eigenvalue weighted by molar-refractivity contribution is -0.137. The van der Waals surface area contributed by atoms with Gasteiger partial charge in [0, 0.05) is 5.56 Å². The minimum atomic E-state index is -4.72. The van der Waals surface area contributed by atoms with Crippen LogP contribution in [0.1, 0.15) is 47.8 Å². The summed E-state index contributed by atoms with van der Waals surface area (Å²) in [6.45, 7) is 6.58. The Labute approximate surface area is 221 Å². The van der Waals surface area contributed by atoms with Gasteiger partial charge in [0.05, 0.1) is 30.6 Å². The Hall–Kier alpha value is -3.53. The molecule has 3 aromatic rings. The van der Waals surface area contributed by atoms with Crippen molar-refractivity contribution < 1.29 is 31.1 Å². The first-order valence-corrected chi connectivity index (χ1v) is 13.8. The number of anilines is 1. The van der Waals surface area contributed by atoms with Crippen LogP contribution in [-0.4, -0.2) is 33.7 Å². The van der Waals surface area contributed by atoms with Crippen LogP contribution >= 0.6 is 0 Å². The Morgan fingerprint density at radius 1 is 0.921 bits per heavy atom. The predicted octanol–water partition coefficient (Wildman–Crippen LogP) is 5.78. The zero-order valence-corrected chi connectivity index (χ0v) is 22.5. The average Bonchev–Trinajstić information content (AvgIpc) is 2.84. The summed E-state index contributed by atoms with van der Waals surface area (Å²) in [5.41, 5.74) is 0.464. The molecule has 3 rings (SSSR count). The second-order valence-corrected chi connectivity index (χ2v) is 11.8. The largest absolute Gasteiger partial charge is 0.492 e. The highest BCUT2D eigenvalue weighted by Gasteiger charge is 2.36. The number of ether oxygens (including phenoxy) is 1. The molecule has 0 unspecified atom stereocenters. The number of sulfonamides is 1. The zero-order valence-electron chi connectivity index (χ0n) is 21.7. The summed E-state index contributed by atoms with van der Waals surface area (Å²) in [5.74, 6) is 0.338. The molecule has 0 saturated carbocycles. The molecule has 204 valence electrons. The molecule has 1 N–H and O–H groups in total. The fraction of sp³-hybridized carbons (Fsp3) is 0.321. The number of amides is 1. The Kier molecular flexibility index (Phi) is 8.76. The van der Waals surface area contributed by atoms with Crippen LogP contribution in [0.4, 0.5) is 18.9 Å². The van der Waals surface area contributed by atoms with E-state index in [0.29, 0.717) is 21.2 Å². The van der Waals surface area contributed by atoms with Crippen molar-refractivity contribution in [3.8, 4) is 5.75 Å². The first-order valence-electron chi connectivity index (χ1n) is 11.9. The highest BCUT2D eigenvalue weighted by molar-refractivity contribution is 7.92. The van der Waals surface area contributed by atoms with E-state index in [1.54, 1.807) is 0 Å². The van der Waals surface area contributed by atoms with Crippen molar-refractivity contribution in [3.05, 3.63) is 95.1 Å². The topological polar surface area (TPSA) is 75.7 Å². The quantitative estimate of drug-likeness (QED) is 0.344. The smallest absolute Gasteiger partial charge is 0.418 e. The SMILES string of the molecule is CC(C)(C)c1ccc(OCCNC(=O)c2ccc(CN(c3ccccc3C(F)(F)F)S(C)(=O)=O)cc2)cc1. The number of alkyl halides is 3. The highest BCUT2D eigenvalue weighted by Crippen LogP contribution is 2.37. The lowest BCUT2D eigenvalue weighted by Crippen LogP contribution is -2.31. The van der Waals surface area contributed by atoms with Gasteiger partial charge in [-0.2, -0.15) is 13.2 Å². The van der Waals surface area contributed by atoms with Gasteiger partial charge in [-0.05, 0) is 52.9 Å². The average molecular weight is 549 g/mol. The van der Waals surface area contributed by atoms with Crippen LogP contribution in [0.15, 0.2) is 72.8 Å². The molecule has 3 aromatic carbocycles. The summed E-state index contributed by atoms with van der Waals surface area (Å²) in [5, 5.41) is 2.74. The molecule has 0 saturated heterocycles. The third-order valence-corrected chi connectivity index (χ3v) is 6.92. The minimum Gasteiger partial charge on any atom is -0.492 e. The molecule has 0 aromatic heterocycles. The monoisotopic (exact) mass is 548 g/mol. The molecule has 6 nitrogen and oxygen atoms in total. The molecule has 0 spiro atoms. The van der Waals surface area contributed by atoms with Crippen LogP contribution < -0.4 is 14.4 Å². The lowest BCUT2D eigenvalue weighted by atomic mass is 9.87. The summed E-state index contributed by atoms with van der Waals surface area (Å²) < 4.78 is 71.6. The Balaban J connectivity index is 1.60. The van der Waals surface area contributed by atoms with Crippen molar-refractivity contribution in [2.24, 2.45) is 0 Å². The Bertz CT molecular complexity index is 1350. The molecular formula is C28H31F3N2O4S. The molecular weight excluding hydrogens is 517 g/mol. The summed E-state index contributed by atoms with van der Waals surface area (Å²) in [7, 11) is -4.03. The third-order valence-electron chi connectivity index (χ3n) is 5.80. The van der Waals surface area contributed by atoms with E-state index in [2.05, 4.69) is 26.1 Å². The molecule has 0 aliphatic carbocycles. The van der Waals surface area contributed by atoms with E-state index in [0.717, 1.165) is 18.4 Å². The summed E-state index contributed by atoms with van der Waals surface area (Å²) >= 11 is 0. The third kappa shape index (κ3) is 7.74. The molecule has 0 bridgehead atoms. The lowest BCUT2D eigenvalue weighted by Gasteiger charge is -2.25. The van der Waals surface area contributed by atoms with Crippen LogP contribution in [0.25, 0.3) is 0 Å². The minimum absolute atomic E-state index is 0.0404. The number of benzene rings is 3. The molecule has 0 fully saturated rings. The second-order valence-electron chi connectivity index (χ2n) is 9.86. The molecule has 10 heteroatoms. The number of hydrogen-bond acceptors (Lipinski definition) is 4. The molecule has 1 amide bonds. The zero-order chi connectivity index (χ0) is 28.1. The maximum Gasteiger partial charge on any atom is 0.418 e. The second kappa shape index (κ2) is 11.5. The van der Waals surface area contributed by atoms with E-state index in [9.17, 15) is 26.4 Å². The Morgan fingerprint density at radius 3 is 2.08 bits per heavy atom. The molecule has 0 heterocycles. The van der Waals surface area contributed by atoms with Crippen LogP contribution in [0.2, 0.25) is 0 Å². The summed E-state index contributed by atoms with van der Waals surface area (Å²) in [6, 6.07) is 18.3. The number of carbonyl (C=O) groups is 1. The van der Waals surface area contributed by atoms with Crippen molar-refractivity contribution in [1.29, 1.82) is 0 Å². The van der Waals surface area contributed by atoms with Crippen molar-refractivity contribution in [2.45, 2.75) is 38.9 Å². The van der Waals surface area contributed by atoms with Crippen molar-refractivity contribution in [2.75, 3.05) is 23.7 Å². The molecule has 0 aliphatic rings. The van der Waals surface area contributed by atoms with E-state index in [1.165, 1.54) is 42.0 Å². The van der Waals surface area contributed by atoms with Gasteiger partial charge in [0.15, 0.2) is 0 Å². The molecule has 0 radical (unpaired) electrons. The number of carbonyl (C=O) groups excluding carboxylic acids is 1. The van der Waals surface area contributed by atoms with E-state index < -0.39 is 27.5 Å². The summed E-state index contributed by atoms with van der Waals surface area (Å²) in [4.78, 5) is 12.5. The number of hydrogen-bond donors (Lipinski definition) is 1. The van der Waals surface area contributed by atoms with Crippen molar-refractivity contribution in [1.82, 2.24) is 5.32 Å². The van der Waals surface area contributed by atoms with Gasteiger partial charge < -0.3 is 10.1 Å². The van der Waals surface area contributed by atoms with Crippen LogP contribution in [0.5, 0.6) is 5.75 Å². The standard InChI is InChI=1S/C28H31F3N2O4S/c1-27(2,3)22-13-15-23(16-14-22)37-18-17-32-26(34)21-11-9-20(10-12-21)19-33(38(4,35)36)25-8-6-5-7-24(25)28(29,30)31/h5-16H,17-19H2,1-4H3,(H,32,34). The first-order chi connectivity index (χ1) is 17.7. The predicted molar refractivity (Wildman–Crippen MR) is 142 cm³/mol. The first kappa shape index (κ1) is 29.0. The van der Waals surface area contributed by atoms with Crippen LogP contribution in [0, 0.1) is 0 Å². The fourth-order valence-corrected chi connectivity index (χ4v) is 4.63. The number of nitrogens with zero attached hydrogens (tertiary/aromatic N) is 1. The van der Waals surface area contributed by atoms with E-state index in [-0.39, 0.29) is 31.0 Å². The van der Waals surface area contributed by atoms with Gasteiger partial charge in [0.25, 0.3) is 5.91 Å². The number of para-hydroxylation sites is 1. The van der Waals surface area contributed by atoms with Gasteiger partial charge in [-0.1, -0.05) is 57.2 Å². The number of nitrogens with one attached hydrogen (secondary N) is 1. The van der Waals surface area contributed by atoms with Crippen molar-refractivity contribution >= 4 is 21.6 Å². The van der Waals surface area contributed by atoms with E-state index >= 15 is 0 Å². The fourth-order valence-electron chi connectivity index (χ4n) is 3.73. The normalized spacial score (nSPS) is 12.2. The van der Waals surface area contributed by atoms with Crippen LogP contribution in [0.3, 0.4) is 0 Å². The van der Waals surface area contributed by atoms with Crippen LogP contribution in [-0.2, 0) is 28.2 Å². The van der Waals surface area contributed by atoms with E-state index in [4.69, 9.17) is 4.74 Å². The highest BCUT2D eigenvalue weighted by atomic mass is 32.2. The number of halogens is 3. The maximum absolute atomic E-state index is 13.5. The van der Waals surface area contributed by atoms with Gasteiger partial charge in [0.1, 0.15) is 12.4 Å². The number of rotatable bonds is 9. The van der Waals surface area contributed by atoms with E-state index in [1.807, 2.05) is 24.3 Å².